The second-order valence-corrected chi connectivity index (χ2v) is 5.89. The zero-order valence-electron chi connectivity index (χ0n) is 13.2. The first-order chi connectivity index (χ1) is 11.6. The number of para-hydroxylation sites is 1. The number of aromatic nitrogens is 2. The Balaban J connectivity index is 1.44. The van der Waals surface area contributed by atoms with E-state index < -0.39 is 5.97 Å². The lowest BCUT2D eigenvalue weighted by Crippen LogP contribution is -2.30. The maximum atomic E-state index is 11.9. The smallest absolute Gasteiger partial charge is 0.306 e. The molecule has 1 aromatic carbocycles. The molecule has 0 radical (unpaired) electrons. The quantitative estimate of drug-likeness (QED) is 0.740. The highest BCUT2D eigenvalue weighted by atomic mass is 16.5. The van der Waals surface area contributed by atoms with Crippen molar-refractivity contribution in [2.75, 3.05) is 6.61 Å². The Kier molecular flexibility index (Phi) is 4.88. The van der Waals surface area contributed by atoms with E-state index in [-0.39, 0.29) is 30.5 Å². The van der Waals surface area contributed by atoms with Gasteiger partial charge in [-0.2, -0.15) is 0 Å². The minimum atomic E-state index is -0.427. The third kappa shape index (κ3) is 4.41. The number of hydrogen-bond donors (Lipinski definition) is 2. The molecule has 1 aliphatic rings. The minimum Gasteiger partial charge on any atom is -0.456 e. The predicted molar refractivity (Wildman–Crippen MR) is 87.4 cm³/mol. The molecule has 1 fully saturated rings. The molecule has 0 atom stereocenters. The number of benzene rings is 1. The lowest BCUT2D eigenvalue weighted by atomic mass is 10.2. The van der Waals surface area contributed by atoms with Crippen molar-refractivity contribution < 1.29 is 14.3 Å². The SMILES string of the molecule is O=C(COC(=O)CCCc1nc2ccccc2c(=O)[nH]1)NC1CC1. The molecule has 1 heterocycles. The molecule has 126 valence electrons. The maximum Gasteiger partial charge on any atom is 0.306 e. The number of carbonyl (C=O) groups is 2. The minimum absolute atomic E-state index is 0.174. The van der Waals surface area contributed by atoms with E-state index in [1.165, 1.54) is 0 Å². The second kappa shape index (κ2) is 7.25. The predicted octanol–water partition coefficient (Wildman–Crippen LogP) is 1.07. The van der Waals surface area contributed by atoms with E-state index in [1.807, 2.05) is 6.07 Å². The fourth-order valence-electron chi connectivity index (χ4n) is 2.37. The van der Waals surface area contributed by atoms with E-state index in [0.717, 1.165) is 12.8 Å². The van der Waals surface area contributed by atoms with Crippen LogP contribution < -0.4 is 10.9 Å². The molecule has 7 nitrogen and oxygen atoms in total. The number of carbonyl (C=O) groups excluding carboxylic acids is 2. The molecule has 2 aromatic rings. The lowest BCUT2D eigenvalue weighted by Gasteiger charge is -2.06. The van der Waals surface area contributed by atoms with Crippen molar-refractivity contribution in [2.24, 2.45) is 0 Å². The van der Waals surface area contributed by atoms with Crippen molar-refractivity contribution >= 4 is 22.8 Å². The van der Waals surface area contributed by atoms with Gasteiger partial charge in [-0.25, -0.2) is 4.98 Å². The van der Waals surface area contributed by atoms with Crippen LogP contribution in [0.3, 0.4) is 0 Å². The Morgan fingerprint density at radius 1 is 1.29 bits per heavy atom. The van der Waals surface area contributed by atoms with Crippen molar-refractivity contribution in [2.45, 2.75) is 38.1 Å². The molecule has 1 aromatic heterocycles. The van der Waals surface area contributed by atoms with Crippen LogP contribution in [0.1, 0.15) is 31.5 Å². The summed E-state index contributed by atoms with van der Waals surface area (Å²) in [5, 5.41) is 3.29. The normalized spacial score (nSPS) is 13.7. The first kappa shape index (κ1) is 16.2. The highest BCUT2D eigenvalue weighted by molar-refractivity contribution is 5.81. The van der Waals surface area contributed by atoms with Crippen LogP contribution in [-0.2, 0) is 20.7 Å². The van der Waals surface area contributed by atoms with Gasteiger partial charge in [-0.1, -0.05) is 12.1 Å². The lowest BCUT2D eigenvalue weighted by molar-refractivity contribution is -0.148. The zero-order valence-corrected chi connectivity index (χ0v) is 13.2. The maximum absolute atomic E-state index is 11.9. The van der Waals surface area contributed by atoms with E-state index >= 15 is 0 Å². The molecule has 2 N–H and O–H groups in total. The second-order valence-electron chi connectivity index (χ2n) is 5.89. The Labute approximate surface area is 138 Å². The first-order valence-corrected chi connectivity index (χ1v) is 8.05. The van der Waals surface area contributed by atoms with Crippen molar-refractivity contribution in [3.8, 4) is 0 Å². The Morgan fingerprint density at radius 3 is 2.88 bits per heavy atom. The number of H-pyrrole nitrogens is 1. The van der Waals surface area contributed by atoms with Gasteiger partial charge in [0, 0.05) is 18.9 Å². The van der Waals surface area contributed by atoms with Crippen LogP contribution in [0.15, 0.2) is 29.1 Å². The van der Waals surface area contributed by atoms with E-state index in [4.69, 9.17) is 4.74 Å². The number of rotatable bonds is 7. The van der Waals surface area contributed by atoms with Gasteiger partial charge in [-0.05, 0) is 31.4 Å². The number of aryl methyl sites for hydroxylation is 1. The van der Waals surface area contributed by atoms with E-state index in [2.05, 4.69) is 15.3 Å². The average Bonchev–Trinajstić information content (AvgIpc) is 3.37. The number of hydrogen-bond acceptors (Lipinski definition) is 5. The van der Waals surface area contributed by atoms with Crippen LogP contribution in [-0.4, -0.2) is 34.5 Å². The topological polar surface area (TPSA) is 101 Å². The Hall–Kier alpha value is -2.70. The van der Waals surface area contributed by atoms with Crippen LogP contribution in [0.2, 0.25) is 0 Å². The van der Waals surface area contributed by atoms with Gasteiger partial charge in [0.25, 0.3) is 11.5 Å². The molecular formula is C17H19N3O4. The summed E-state index contributed by atoms with van der Waals surface area (Å²) in [4.78, 5) is 42.1. The van der Waals surface area contributed by atoms with Crippen molar-refractivity contribution in [1.29, 1.82) is 0 Å². The fourth-order valence-corrected chi connectivity index (χ4v) is 2.37. The van der Waals surface area contributed by atoms with Crippen LogP contribution in [0.5, 0.6) is 0 Å². The van der Waals surface area contributed by atoms with Gasteiger partial charge in [-0.15, -0.1) is 0 Å². The average molecular weight is 329 g/mol. The Bertz CT molecular complexity index is 811. The Morgan fingerprint density at radius 2 is 2.08 bits per heavy atom. The summed E-state index contributed by atoms with van der Waals surface area (Å²) < 4.78 is 4.92. The molecule has 24 heavy (non-hydrogen) atoms. The third-order valence-electron chi connectivity index (χ3n) is 3.76. The molecule has 1 amide bonds. The first-order valence-electron chi connectivity index (χ1n) is 8.05. The van der Waals surface area contributed by atoms with Crippen LogP contribution in [0.25, 0.3) is 10.9 Å². The molecule has 0 aliphatic heterocycles. The summed E-state index contributed by atoms with van der Waals surface area (Å²) in [6.07, 6.45) is 3.12. The summed E-state index contributed by atoms with van der Waals surface area (Å²) in [5.74, 6) is -0.145. The van der Waals surface area contributed by atoms with Crippen LogP contribution >= 0.6 is 0 Å². The van der Waals surface area contributed by atoms with E-state index in [1.54, 1.807) is 18.2 Å². The molecule has 3 rings (SSSR count). The third-order valence-corrected chi connectivity index (χ3v) is 3.76. The molecule has 0 bridgehead atoms. The number of fused-ring (bicyclic) bond motifs is 1. The molecule has 1 saturated carbocycles. The number of nitrogens with zero attached hydrogens (tertiary/aromatic N) is 1. The van der Waals surface area contributed by atoms with E-state index in [0.29, 0.717) is 29.6 Å². The molecule has 0 saturated heterocycles. The van der Waals surface area contributed by atoms with Gasteiger partial charge in [0.15, 0.2) is 6.61 Å². The van der Waals surface area contributed by atoms with Gasteiger partial charge >= 0.3 is 5.97 Å². The zero-order chi connectivity index (χ0) is 16.9. The van der Waals surface area contributed by atoms with Crippen molar-refractivity contribution in [3.05, 3.63) is 40.4 Å². The van der Waals surface area contributed by atoms with Gasteiger partial charge < -0.3 is 15.0 Å². The number of ether oxygens (including phenoxy) is 1. The van der Waals surface area contributed by atoms with Crippen molar-refractivity contribution in [3.63, 3.8) is 0 Å². The van der Waals surface area contributed by atoms with Crippen LogP contribution in [0.4, 0.5) is 0 Å². The van der Waals surface area contributed by atoms with Gasteiger partial charge in [0.05, 0.1) is 10.9 Å². The highest BCUT2D eigenvalue weighted by Crippen LogP contribution is 2.18. The number of amides is 1. The number of nitrogens with one attached hydrogen (secondary N) is 2. The molecule has 0 unspecified atom stereocenters. The summed E-state index contributed by atoms with van der Waals surface area (Å²) in [7, 11) is 0. The molecule has 0 spiro atoms. The van der Waals surface area contributed by atoms with Crippen molar-refractivity contribution in [1.82, 2.24) is 15.3 Å². The number of aromatic amines is 1. The highest BCUT2D eigenvalue weighted by Gasteiger charge is 2.23. The van der Waals surface area contributed by atoms with Gasteiger partial charge in [0.1, 0.15) is 5.82 Å². The summed E-state index contributed by atoms with van der Waals surface area (Å²) >= 11 is 0. The molecular weight excluding hydrogens is 310 g/mol. The molecule has 7 heteroatoms. The monoisotopic (exact) mass is 329 g/mol. The standard InChI is InChI=1S/C17H19N3O4/c21-15(18-11-8-9-11)10-24-16(22)7-3-6-14-19-13-5-2-1-4-12(13)17(23)20-14/h1-2,4-5,11H,3,6-10H2,(H,18,21)(H,19,20,23). The number of esters is 1. The summed E-state index contributed by atoms with van der Waals surface area (Å²) in [6.45, 7) is -0.236. The molecule has 1 aliphatic carbocycles. The van der Waals surface area contributed by atoms with Crippen LogP contribution in [0, 0.1) is 0 Å². The largest absolute Gasteiger partial charge is 0.456 e. The fraction of sp³-hybridized carbons (Fsp3) is 0.412. The van der Waals surface area contributed by atoms with E-state index in [9.17, 15) is 14.4 Å². The summed E-state index contributed by atoms with van der Waals surface area (Å²) in [5.41, 5.74) is 0.450. The van der Waals surface area contributed by atoms with Gasteiger partial charge in [-0.3, -0.25) is 14.4 Å². The summed E-state index contributed by atoms with van der Waals surface area (Å²) in [6, 6.07) is 7.36. The van der Waals surface area contributed by atoms with Gasteiger partial charge in [0.2, 0.25) is 0 Å².